The Hall–Kier alpha value is -1.91. The standard InChI is InChI=1S/C19H27FN6O.HI/c1-4-21-19(22-12-14-8-9-17(27-5-2)15(20)11-14)24-16-7-6-10-26-18(16)23-13(3)25-26;/h8-9,11,16H,4-7,10,12H2,1-3H3,(H2,21,22,24);1H. The summed E-state index contributed by atoms with van der Waals surface area (Å²) in [5.74, 6) is 2.32. The quantitative estimate of drug-likeness (QED) is 0.360. The molecule has 1 aromatic carbocycles. The third kappa shape index (κ3) is 5.55. The number of ether oxygens (including phenoxy) is 1. The zero-order valence-electron chi connectivity index (χ0n) is 16.5. The number of hydrogen-bond acceptors (Lipinski definition) is 4. The second-order valence-corrected chi connectivity index (χ2v) is 6.47. The van der Waals surface area contributed by atoms with Crippen molar-refractivity contribution in [1.29, 1.82) is 0 Å². The molecule has 154 valence electrons. The Bertz CT molecular complexity index is 810. The largest absolute Gasteiger partial charge is 0.491 e. The summed E-state index contributed by atoms with van der Waals surface area (Å²) in [6.07, 6.45) is 2.01. The topological polar surface area (TPSA) is 76.4 Å². The highest BCUT2D eigenvalue weighted by Gasteiger charge is 2.24. The number of guanidine groups is 1. The first-order chi connectivity index (χ1) is 13.1. The number of halogens is 2. The highest BCUT2D eigenvalue weighted by molar-refractivity contribution is 14.0. The van der Waals surface area contributed by atoms with Crippen molar-refractivity contribution in [2.24, 2.45) is 4.99 Å². The minimum absolute atomic E-state index is 0. The van der Waals surface area contributed by atoms with Gasteiger partial charge >= 0.3 is 0 Å². The zero-order valence-corrected chi connectivity index (χ0v) is 18.9. The van der Waals surface area contributed by atoms with Crippen LogP contribution in [-0.4, -0.2) is 33.9 Å². The summed E-state index contributed by atoms with van der Waals surface area (Å²) >= 11 is 0. The molecule has 0 spiro atoms. The van der Waals surface area contributed by atoms with Crippen molar-refractivity contribution >= 4 is 29.9 Å². The summed E-state index contributed by atoms with van der Waals surface area (Å²) in [5.41, 5.74) is 0.788. The Labute approximate surface area is 182 Å². The van der Waals surface area contributed by atoms with E-state index in [0.717, 1.165) is 43.1 Å². The molecule has 2 aromatic rings. The minimum atomic E-state index is -0.363. The molecule has 1 aliphatic heterocycles. The number of aliphatic imine (C=N–C) groups is 1. The molecule has 1 atom stereocenters. The molecule has 1 aliphatic rings. The molecule has 0 bridgehead atoms. The Kier molecular flexibility index (Phi) is 8.46. The Morgan fingerprint density at radius 1 is 1.39 bits per heavy atom. The number of benzene rings is 1. The summed E-state index contributed by atoms with van der Waals surface area (Å²) in [4.78, 5) is 9.15. The summed E-state index contributed by atoms with van der Waals surface area (Å²) in [7, 11) is 0. The molecule has 28 heavy (non-hydrogen) atoms. The highest BCUT2D eigenvalue weighted by atomic mass is 127. The maximum atomic E-state index is 14.0. The molecule has 9 heteroatoms. The average molecular weight is 502 g/mol. The molecule has 3 rings (SSSR count). The van der Waals surface area contributed by atoms with Crippen LogP contribution in [0.15, 0.2) is 23.2 Å². The molecular formula is C19H28FIN6O. The monoisotopic (exact) mass is 502 g/mol. The third-order valence-electron chi connectivity index (χ3n) is 4.35. The van der Waals surface area contributed by atoms with Crippen LogP contribution in [0.5, 0.6) is 5.75 Å². The summed E-state index contributed by atoms with van der Waals surface area (Å²) < 4.78 is 21.2. The van der Waals surface area contributed by atoms with Gasteiger partial charge in [0.15, 0.2) is 17.5 Å². The lowest BCUT2D eigenvalue weighted by atomic mass is 10.1. The average Bonchev–Trinajstić information content (AvgIpc) is 3.03. The van der Waals surface area contributed by atoms with Crippen molar-refractivity contribution in [2.45, 2.75) is 52.7 Å². The molecule has 7 nitrogen and oxygen atoms in total. The molecule has 1 unspecified atom stereocenters. The third-order valence-corrected chi connectivity index (χ3v) is 4.35. The summed E-state index contributed by atoms with van der Waals surface area (Å²) in [6.45, 7) is 8.20. The van der Waals surface area contributed by atoms with Crippen molar-refractivity contribution in [2.75, 3.05) is 13.2 Å². The molecule has 0 saturated heterocycles. The molecule has 0 radical (unpaired) electrons. The minimum Gasteiger partial charge on any atom is -0.491 e. The van der Waals surface area contributed by atoms with E-state index in [2.05, 4.69) is 25.7 Å². The van der Waals surface area contributed by atoms with E-state index in [0.29, 0.717) is 19.1 Å². The first kappa shape index (κ1) is 22.4. The van der Waals surface area contributed by atoms with Crippen LogP contribution in [-0.2, 0) is 13.1 Å². The van der Waals surface area contributed by atoms with E-state index in [1.807, 2.05) is 31.5 Å². The maximum Gasteiger partial charge on any atom is 0.192 e. The van der Waals surface area contributed by atoms with Crippen LogP contribution in [0.4, 0.5) is 4.39 Å². The van der Waals surface area contributed by atoms with Crippen LogP contribution >= 0.6 is 24.0 Å². The van der Waals surface area contributed by atoms with Crippen LogP contribution in [0.2, 0.25) is 0 Å². The molecule has 0 amide bonds. The SMILES string of the molecule is CCNC(=NCc1ccc(OCC)c(F)c1)NC1CCCn2nc(C)nc21.I. The van der Waals surface area contributed by atoms with Crippen LogP contribution in [0, 0.1) is 12.7 Å². The number of fused-ring (bicyclic) bond motifs is 1. The van der Waals surface area contributed by atoms with Gasteiger partial charge in [0, 0.05) is 13.1 Å². The van der Waals surface area contributed by atoms with E-state index >= 15 is 0 Å². The second kappa shape index (κ2) is 10.6. The number of aryl methyl sites for hydroxylation is 2. The maximum absolute atomic E-state index is 14.0. The van der Waals surface area contributed by atoms with E-state index in [-0.39, 0.29) is 41.6 Å². The van der Waals surface area contributed by atoms with Gasteiger partial charge < -0.3 is 15.4 Å². The lowest BCUT2D eigenvalue weighted by molar-refractivity contribution is 0.321. The van der Waals surface area contributed by atoms with E-state index in [9.17, 15) is 4.39 Å². The fraction of sp³-hybridized carbons (Fsp3) is 0.526. The normalized spacial score (nSPS) is 16.1. The van der Waals surface area contributed by atoms with E-state index < -0.39 is 0 Å². The van der Waals surface area contributed by atoms with Crippen molar-refractivity contribution < 1.29 is 9.13 Å². The van der Waals surface area contributed by atoms with Crippen LogP contribution in [0.25, 0.3) is 0 Å². The smallest absolute Gasteiger partial charge is 0.192 e. The molecule has 0 aliphatic carbocycles. The van der Waals surface area contributed by atoms with Gasteiger partial charge in [0.25, 0.3) is 0 Å². The van der Waals surface area contributed by atoms with E-state index in [1.54, 1.807) is 6.07 Å². The fourth-order valence-electron chi connectivity index (χ4n) is 3.18. The van der Waals surface area contributed by atoms with Gasteiger partial charge in [0.05, 0.1) is 19.2 Å². The molecule has 1 aromatic heterocycles. The van der Waals surface area contributed by atoms with Crippen molar-refractivity contribution in [3.63, 3.8) is 0 Å². The molecule has 0 saturated carbocycles. The summed E-state index contributed by atoms with van der Waals surface area (Å²) in [5, 5.41) is 11.1. The van der Waals surface area contributed by atoms with Gasteiger partial charge in [-0.2, -0.15) is 5.10 Å². The van der Waals surface area contributed by atoms with Gasteiger partial charge in [0.2, 0.25) is 0 Å². The Morgan fingerprint density at radius 2 is 2.21 bits per heavy atom. The number of hydrogen-bond donors (Lipinski definition) is 2. The highest BCUT2D eigenvalue weighted by Crippen LogP contribution is 2.23. The first-order valence-corrected chi connectivity index (χ1v) is 9.48. The van der Waals surface area contributed by atoms with Gasteiger partial charge in [-0.3, -0.25) is 0 Å². The lowest BCUT2D eigenvalue weighted by Gasteiger charge is -2.25. The summed E-state index contributed by atoms with van der Waals surface area (Å²) in [6, 6.07) is 5.02. The second-order valence-electron chi connectivity index (χ2n) is 6.47. The molecule has 2 N–H and O–H groups in total. The fourth-order valence-corrected chi connectivity index (χ4v) is 3.18. The van der Waals surface area contributed by atoms with Gasteiger partial charge in [0.1, 0.15) is 11.6 Å². The van der Waals surface area contributed by atoms with Gasteiger partial charge in [-0.15, -0.1) is 24.0 Å². The number of nitrogens with one attached hydrogen (secondary N) is 2. The van der Waals surface area contributed by atoms with Gasteiger partial charge in [-0.05, 0) is 51.3 Å². The Balaban J connectivity index is 0.00000280. The van der Waals surface area contributed by atoms with Gasteiger partial charge in [-0.1, -0.05) is 6.07 Å². The Morgan fingerprint density at radius 3 is 2.93 bits per heavy atom. The number of nitrogens with zero attached hydrogens (tertiary/aromatic N) is 4. The molecular weight excluding hydrogens is 474 g/mol. The van der Waals surface area contributed by atoms with E-state index in [4.69, 9.17) is 4.74 Å². The lowest BCUT2D eigenvalue weighted by Crippen LogP contribution is -2.41. The predicted octanol–water partition coefficient (Wildman–Crippen LogP) is 3.33. The van der Waals surface area contributed by atoms with Gasteiger partial charge in [-0.25, -0.2) is 19.0 Å². The van der Waals surface area contributed by atoms with Crippen LogP contribution in [0.3, 0.4) is 0 Å². The first-order valence-electron chi connectivity index (χ1n) is 9.48. The predicted molar refractivity (Wildman–Crippen MR) is 118 cm³/mol. The van der Waals surface area contributed by atoms with E-state index in [1.165, 1.54) is 6.07 Å². The molecule has 0 fully saturated rings. The van der Waals surface area contributed by atoms with Crippen LogP contribution in [0.1, 0.15) is 49.9 Å². The van der Waals surface area contributed by atoms with Crippen molar-refractivity contribution in [1.82, 2.24) is 25.4 Å². The molecule has 2 heterocycles. The number of rotatable bonds is 6. The van der Waals surface area contributed by atoms with Crippen molar-refractivity contribution in [3.8, 4) is 5.75 Å². The number of aromatic nitrogens is 3. The van der Waals surface area contributed by atoms with Crippen molar-refractivity contribution in [3.05, 3.63) is 41.2 Å². The zero-order chi connectivity index (χ0) is 19.2. The van der Waals surface area contributed by atoms with Crippen LogP contribution < -0.4 is 15.4 Å².